The molecule has 1 aromatic carbocycles. The predicted octanol–water partition coefficient (Wildman–Crippen LogP) is 3.17. The number of benzene rings is 1. The van der Waals surface area contributed by atoms with E-state index >= 15 is 0 Å². The van der Waals surface area contributed by atoms with Crippen molar-refractivity contribution >= 4 is 11.5 Å². The highest BCUT2D eigenvalue weighted by Gasteiger charge is 2.04. The summed E-state index contributed by atoms with van der Waals surface area (Å²) in [5, 5.41) is 13.5. The van der Waals surface area contributed by atoms with Gasteiger partial charge in [-0.15, -0.1) is 0 Å². The highest BCUT2D eigenvalue weighted by molar-refractivity contribution is 5.39. The van der Waals surface area contributed by atoms with E-state index in [1.54, 1.807) is 12.1 Å². The third-order valence-corrected chi connectivity index (χ3v) is 2.80. The molecule has 2 rings (SSSR count). The average Bonchev–Trinajstić information content (AvgIpc) is 2.44. The van der Waals surface area contributed by atoms with Gasteiger partial charge in [0, 0.05) is 12.6 Å². The number of pyridine rings is 1. The van der Waals surface area contributed by atoms with Crippen LogP contribution in [0, 0.1) is 15.9 Å². The standard InChI is InChI=1S/C14H14FN3O2/c15-12-5-1-3-11(9-12)4-2-8-16-14-7-6-13(10-17-14)18(19)20/h1,3,5-7,9-10H,2,4,8H2,(H,16,17). The first-order valence-electron chi connectivity index (χ1n) is 6.24. The van der Waals surface area contributed by atoms with E-state index in [0.717, 1.165) is 18.4 Å². The zero-order valence-corrected chi connectivity index (χ0v) is 10.8. The van der Waals surface area contributed by atoms with Crippen LogP contribution in [0.5, 0.6) is 0 Å². The fourth-order valence-corrected chi connectivity index (χ4v) is 1.80. The first-order valence-corrected chi connectivity index (χ1v) is 6.24. The van der Waals surface area contributed by atoms with Crippen molar-refractivity contribution in [1.82, 2.24) is 4.98 Å². The zero-order valence-electron chi connectivity index (χ0n) is 10.8. The van der Waals surface area contributed by atoms with Gasteiger partial charge in [0.15, 0.2) is 0 Å². The van der Waals surface area contributed by atoms with Gasteiger partial charge >= 0.3 is 0 Å². The third-order valence-electron chi connectivity index (χ3n) is 2.80. The molecule has 0 aliphatic heterocycles. The van der Waals surface area contributed by atoms with Gasteiger partial charge in [0.1, 0.15) is 17.8 Å². The number of anilines is 1. The van der Waals surface area contributed by atoms with Gasteiger partial charge in [-0.05, 0) is 36.6 Å². The molecule has 0 aliphatic rings. The Balaban J connectivity index is 1.77. The van der Waals surface area contributed by atoms with E-state index in [-0.39, 0.29) is 11.5 Å². The number of aromatic nitrogens is 1. The number of aryl methyl sites for hydroxylation is 1. The van der Waals surface area contributed by atoms with E-state index in [4.69, 9.17) is 0 Å². The summed E-state index contributed by atoms with van der Waals surface area (Å²) in [5.41, 5.74) is 0.916. The highest BCUT2D eigenvalue weighted by Crippen LogP contribution is 2.12. The molecular formula is C14H14FN3O2. The minimum absolute atomic E-state index is 0.0321. The Morgan fingerprint density at radius 1 is 1.30 bits per heavy atom. The van der Waals surface area contributed by atoms with E-state index in [1.807, 2.05) is 6.07 Å². The molecule has 0 saturated heterocycles. The zero-order chi connectivity index (χ0) is 14.4. The van der Waals surface area contributed by atoms with Crippen molar-refractivity contribution in [3.63, 3.8) is 0 Å². The molecule has 20 heavy (non-hydrogen) atoms. The van der Waals surface area contributed by atoms with Crippen LogP contribution in [0.4, 0.5) is 15.9 Å². The molecule has 1 N–H and O–H groups in total. The molecule has 0 amide bonds. The molecule has 0 spiro atoms. The summed E-state index contributed by atoms with van der Waals surface area (Å²) in [4.78, 5) is 13.9. The number of rotatable bonds is 6. The van der Waals surface area contributed by atoms with Crippen LogP contribution in [0.2, 0.25) is 0 Å². The van der Waals surface area contributed by atoms with Crippen molar-refractivity contribution in [2.75, 3.05) is 11.9 Å². The van der Waals surface area contributed by atoms with E-state index in [1.165, 1.54) is 24.4 Å². The molecule has 6 heteroatoms. The normalized spacial score (nSPS) is 10.2. The fourth-order valence-electron chi connectivity index (χ4n) is 1.80. The molecular weight excluding hydrogens is 261 g/mol. The first kappa shape index (κ1) is 13.9. The largest absolute Gasteiger partial charge is 0.370 e. The van der Waals surface area contributed by atoms with Crippen molar-refractivity contribution in [3.8, 4) is 0 Å². The average molecular weight is 275 g/mol. The van der Waals surface area contributed by atoms with E-state index in [9.17, 15) is 14.5 Å². The summed E-state index contributed by atoms with van der Waals surface area (Å²) < 4.78 is 13.0. The number of hydrogen-bond acceptors (Lipinski definition) is 4. The molecule has 1 aromatic heterocycles. The topological polar surface area (TPSA) is 68.1 Å². The van der Waals surface area contributed by atoms with E-state index in [2.05, 4.69) is 10.3 Å². The summed E-state index contributed by atoms with van der Waals surface area (Å²) in [6, 6.07) is 9.48. The molecule has 1 heterocycles. The summed E-state index contributed by atoms with van der Waals surface area (Å²) in [7, 11) is 0. The van der Waals surface area contributed by atoms with Crippen LogP contribution in [-0.4, -0.2) is 16.5 Å². The van der Waals surface area contributed by atoms with E-state index < -0.39 is 4.92 Å². The van der Waals surface area contributed by atoms with Gasteiger partial charge in [0.05, 0.1) is 4.92 Å². The van der Waals surface area contributed by atoms with Gasteiger partial charge in [-0.25, -0.2) is 9.37 Å². The smallest absolute Gasteiger partial charge is 0.287 e. The van der Waals surface area contributed by atoms with Crippen molar-refractivity contribution in [3.05, 3.63) is 64.1 Å². The lowest BCUT2D eigenvalue weighted by atomic mass is 10.1. The second-order valence-electron chi connectivity index (χ2n) is 4.32. The molecule has 0 atom stereocenters. The Labute approximate surface area is 115 Å². The lowest BCUT2D eigenvalue weighted by Gasteiger charge is -2.05. The van der Waals surface area contributed by atoms with Gasteiger partial charge in [0.2, 0.25) is 0 Å². The van der Waals surface area contributed by atoms with Crippen LogP contribution in [0.25, 0.3) is 0 Å². The molecule has 5 nitrogen and oxygen atoms in total. The maximum atomic E-state index is 13.0. The van der Waals surface area contributed by atoms with E-state index in [0.29, 0.717) is 12.4 Å². The summed E-state index contributed by atoms with van der Waals surface area (Å²) >= 11 is 0. The molecule has 0 unspecified atom stereocenters. The monoisotopic (exact) mass is 275 g/mol. The number of halogens is 1. The maximum Gasteiger partial charge on any atom is 0.287 e. The molecule has 104 valence electrons. The van der Waals surface area contributed by atoms with Crippen LogP contribution in [0.15, 0.2) is 42.6 Å². The molecule has 0 saturated carbocycles. The van der Waals surface area contributed by atoms with Crippen LogP contribution in [0.3, 0.4) is 0 Å². The van der Waals surface area contributed by atoms with Crippen molar-refractivity contribution < 1.29 is 9.31 Å². The minimum Gasteiger partial charge on any atom is -0.370 e. The number of hydrogen-bond donors (Lipinski definition) is 1. The van der Waals surface area contributed by atoms with Crippen LogP contribution in [0.1, 0.15) is 12.0 Å². The molecule has 0 aliphatic carbocycles. The van der Waals surface area contributed by atoms with Crippen molar-refractivity contribution in [2.24, 2.45) is 0 Å². The second-order valence-corrected chi connectivity index (χ2v) is 4.32. The highest BCUT2D eigenvalue weighted by atomic mass is 19.1. The Morgan fingerprint density at radius 3 is 2.80 bits per heavy atom. The van der Waals surface area contributed by atoms with Gasteiger partial charge < -0.3 is 5.32 Å². The molecule has 0 radical (unpaired) electrons. The molecule has 2 aromatic rings. The first-order chi connectivity index (χ1) is 9.65. The lowest BCUT2D eigenvalue weighted by Crippen LogP contribution is -2.04. The predicted molar refractivity (Wildman–Crippen MR) is 74.1 cm³/mol. The minimum atomic E-state index is -0.485. The Kier molecular flexibility index (Phi) is 4.60. The Morgan fingerprint density at radius 2 is 2.15 bits per heavy atom. The number of nitro groups is 1. The van der Waals surface area contributed by atoms with Crippen molar-refractivity contribution in [2.45, 2.75) is 12.8 Å². The fraction of sp³-hybridized carbons (Fsp3) is 0.214. The molecule has 0 fully saturated rings. The third kappa shape index (κ3) is 4.01. The Bertz CT molecular complexity index is 587. The summed E-state index contributed by atoms with van der Waals surface area (Å²) in [6.45, 7) is 0.668. The number of nitrogens with one attached hydrogen (secondary N) is 1. The van der Waals surface area contributed by atoms with Gasteiger partial charge in [-0.3, -0.25) is 10.1 Å². The summed E-state index contributed by atoms with van der Waals surface area (Å²) in [5.74, 6) is 0.363. The second kappa shape index (κ2) is 6.60. The lowest BCUT2D eigenvalue weighted by molar-refractivity contribution is -0.385. The molecule has 0 bridgehead atoms. The Hall–Kier alpha value is -2.50. The SMILES string of the molecule is O=[N+]([O-])c1ccc(NCCCc2cccc(F)c2)nc1. The van der Waals surface area contributed by atoms with Crippen LogP contribution in [-0.2, 0) is 6.42 Å². The van der Waals surface area contributed by atoms with Gasteiger partial charge in [-0.2, -0.15) is 0 Å². The van der Waals surface area contributed by atoms with Gasteiger partial charge in [-0.1, -0.05) is 12.1 Å². The van der Waals surface area contributed by atoms with Crippen molar-refractivity contribution in [1.29, 1.82) is 0 Å². The van der Waals surface area contributed by atoms with Crippen LogP contribution < -0.4 is 5.32 Å². The number of nitrogens with zero attached hydrogens (tertiary/aromatic N) is 2. The maximum absolute atomic E-state index is 13.0. The van der Waals surface area contributed by atoms with Gasteiger partial charge in [0.25, 0.3) is 5.69 Å². The summed E-state index contributed by atoms with van der Waals surface area (Å²) in [6.07, 6.45) is 2.80. The quantitative estimate of drug-likeness (QED) is 0.499. The van der Waals surface area contributed by atoms with Crippen LogP contribution >= 0.6 is 0 Å².